The molecule has 0 amide bonds. The minimum atomic E-state index is 0.245. The largest absolute Gasteiger partial charge is 0.299 e. The zero-order chi connectivity index (χ0) is 16.3. The summed E-state index contributed by atoms with van der Waals surface area (Å²) in [5.74, 6) is 1.87. The summed E-state index contributed by atoms with van der Waals surface area (Å²) in [4.78, 5) is 12.9. The van der Waals surface area contributed by atoms with Crippen molar-refractivity contribution in [1.29, 1.82) is 0 Å². The lowest BCUT2D eigenvalue weighted by molar-refractivity contribution is -0.127. The second-order valence-electron chi connectivity index (χ2n) is 8.23. The van der Waals surface area contributed by atoms with Crippen LogP contribution in [0.2, 0.25) is 0 Å². The van der Waals surface area contributed by atoms with Gasteiger partial charge in [-0.3, -0.25) is 4.79 Å². The highest BCUT2D eigenvalue weighted by molar-refractivity contribution is 5.83. The number of aryl methyl sites for hydroxylation is 1. The molecule has 1 aliphatic carbocycles. The molecule has 0 heterocycles. The number of rotatable bonds is 5. The number of Topliss-reactive ketones (excluding diaryl/α,β-unsaturated/α-hetero) is 1. The second-order valence-corrected chi connectivity index (χ2v) is 8.23. The summed E-state index contributed by atoms with van der Waals surface area (Å²) in [6.07, 6.45) is 5.18. The number of carbonyl (C=O) groups excluding carboxylic acids is 1. The fourth-order valence-corrected chi connectivity index (χ4v) is 3.98. The molecular weight excluding hydrogens is 268 g/mol. The van der Waals surface area contributed by atoms with Gasteiger partial charge in [-0.05, 0) is 54.1 Å². The summed E-state index contributed by atoms with van der Waals surface area (Å²) in [6, 6.07) is 8.59. The molecule has 1 aromatic rings. The highest BCUT2D eigenvalue weighted by Crippen LogP contribution is 2.45. The maximum atomic E-state index is 12.9. The molecule has 0 aliphatic heterocycles. The Morgan fingerprint density at radius 2 is 1.77 bits per heavy atom. The Bertz CT molecular complexity index is 495. The van der Waals surface area contributed by atoms with E-state index in [9.17, 15) is 4.79 Å². The molecule has 1 heteroatoms. The average Bonchev–Trinajstić information content (AvgIpc) is 2.46. The monoisotopic (exact) mass is 300 g/mol. The third-order valence-electron chi connectivity index (χ3n) is 5.52. The van der Waals surface area contributed by atoms with E-state index in [2.05, 4.69) is 58.9 Å². The third kappa shape index (κ3) is 4.21. The standard InChI is InChI=1S/C21H32O/c1-6-16-7-9-17(10-8-16)13-20(22)19-14-21(4,5)12-11-18(19)15(2)3/h7-10,15,18-19H,6,11-14H2,1-5H3. The number of hydrogen-bond donors (Lipinski definition) is 0. The van der Waals surface area contributed by atoms with Crippen LogP contribution in [-0.2, 0) is 17.6 Å². The lowest BCUT2D eigenvalue weighted by atomic mass is 9.62. The summed E-state index contributed by atoms with van der Waals surface area (Å²) < 4.78 is 0. The van der Waals surface area contributed by atoms with Crippen molar-refractivity contribution >= 4 is 5.78 Å². The molecule has 122 valence electrons. The molecule has 2 rings (SSSR count). The Labute approximate surface area is 136 Å². The first-order chi connectivity index (χ1) is 10.3. The maximum Gasteiger partial charge on any atom is 0.140 e. The lowest BCUT2D eigenvalue weighted by Crippen LogP contribution is -2.37. The molecule has 0 spiro atoms. The van der Waals surface area contributed by atoms with Crippen molar-refractivity contribution in [2.45, 2.75) is 66.7 Å². The normalized spacial score (nSPS) is 24.5. The third-order valence-corrected chi connectivity index (χ3v) is 5.52. The van der Waals surface area contributed by atoms with Crippen LogP contribution in [0.4, 0.5) is 0 Å². The minimum Gasteiger partial charge on any atom is -0.299 e. The molecule has 1 aromatic carbocycles. The van der Waals surface area contributed by atoms with Crippen LogP contribution in [0.25, 0.3) is 0 Å². The smallest absolute Gasteiger partial charge is 0.140 e. The van der Waals surface area contributed by atoms with E-state index in [0.29, 0.717) is 29.5 Å². The SMILES string of the molecule is CCc1ccc(CC(=O)C2CC(C)(C)CCC2C(C)C)cc1. The first-order valence-electron chi connectivity index (χ1n) is 8.93. The maximum absolute atomic E-state index is 12.9. The van der Waals surface area contributed by atoms with Crippen molar-refractivity contribution < 1.29 is 4.79 Å². The van der Waals surface area contributed by atoms with Crippen molar-refractivity contribution in [1.82, 2.24) is 0 Å². The molecule has 0 aromatic heterocycles. The quantitative estimate of drug-likeness (QED) is 0.705. The van der Waals surface area contributed by atoms with Crippen LogP contribution in [0.3, 0.4) is 0 Å². The van der Waals surface area contributed by atoms with Gasteiger partial charge in [-0.2, -0.15) is 0 Å². The first kappa shape index (κ1) is 17.2. The van der Waals surface area contributed by atoms with E-state index in [1.54, 1.807) is 0 Å². The van der Waals surface area contributed by atoms with Crippen LogP contribution >= 0.6 is 0 Å². The Morgan fingerprint density at radius 1 is 1.18 bits per heavy atom. The fourth-order valence-electron chi connectivity index (χ4n) is 3.98. The van der Waals surface area contributed by atoms with Gasteiger partial charge in [0.15, 0.2) is 0 Å². The van der Waals surface area contributed by atoms with Crippen LogP contribution < -0.4 is 0 Å². The molecule has 0 radical (unpaired) electrons. The van der Waals surface area contributed by atoms with Crippen LogP contribution in [0.15, 0.2) is 24.3 Å². The zero-order valence-electron chi connectivity index (χ0n) is 15.0. The topological polar surface area (TPSA) is 17.1 Å². The molecule has 0 bridgehead atoms. The Balaban J connectivity index is 2.10. The number of benzene rings is 1. The highest BCUT2D eigenvalue weighted by atomic mass is 16.1. The molecule has 2 unspecified atom stereocenters. The molecule has 2 atom stereocenters. The second kappa shape index (κ2) is 6.98. The van der Waals surface area contributed by atoms with E-state index in [4.69, 9.17) is 0 Å². The van der Waals surface area contributed by atoms with Crippen LogP contribution in [0, 0.1) is 23.2 Å². The number of carbonyl (C=O) groups is 1. The molecular formula is C21H32O. The van der Waals surface area contributed by atoms with Gasteiger partial charge in [0.1, 0.15) is 5.78 Å². The fraction of sp³-hybridized carbons (Fsp3) is 0.667. The molecule has 0 saturated heterocycles. The molecule has 1 fully saturated rings. The Kier molecular flexibility index (Phi) is 5.47. The summed E-state index contributed by atoms with van der Waals surface area (Å²) in [5, 5.41) is 0. The lowest BCUT2D eigenvalue weighted by Gasteiger charge is -2.42. The van der Waals surface area contributed by atoms with Gasteiger partial charge in [-0.1, -0.05) is 58.9 Å². The Hall–Kier alpha value is -1.11. The molecule has 0 N–H and O–H groups in total. The Morgan fingerprint density at radius 3 is 2.32 bits per heavy atom. The zero-order valence-corrected chi connectivity index (χ0v) is 15.0. The van der Waals surface area contributed by atoms with Crippen LogP contribution in [0.1, 0.15) is 65.0 Å². The van der Waals surface area contributed by atoms with Crippen molar-refractivity contribution in [3.05, 3.63) is 35.4 Å². The minimum absolute atomic E-state index is 0.245. The highest BCUT2D eigenvalue weighted by Gasteiger charge is 2.39. The van der Waals surface area contributed by atoms with Gasteiger partial charge in [-0.25, -0.2) is 0 Å². The van der Waals surface area contributed by atoms with Gasteiger partial charge < -0.3 is 0 Å². The molecule has 1 aliphatic rings. The molecule has 22 heavy (non-hydrogen) atoms. The van der Waals surface area contributed by atoms with Gasteiger partial charge in [-0.15, -0.1) is 0 Å². The van der Waals surface area contributed by atoms with Gasteiger partial charge >= 0.3 is 0 Å². The van der Waals surface area contributed by atoms with Crippen LogP contribution in [-0.4, -0.2) is 5.78 Å². The van der Waals surface area contributed by atoms with E-state index in [1.165, 1.54) is 24.0 Å². The van der Waals surface area contributed by atoms with Crippen molar-refractivity contribution in [3.8, 4) is 0 Å². The predicted molar refractivity (Wildman–Crippen MR) is 94.0 cm³/mol. The summed E-state index contributed by atoms with van der Waals surface area (Å²) in [6.45, 7) is 11.4. The van der Waals surface area contributed by atoms with E-state index >= 15 is 0 Å². The summed E-state index contributed by atoms with van der Waals surface area (Å²) in [7, 11) is 0. The van der Waals surface area contributed by atoms with E-state index < -0.39 is 0 Å². The number of ketones is 1. The summed E-state index contributed by atoms with van der Waals surface area (Å²) in [5.41, 5.74) is 2.83. The van der Waals surface area contributed by atoms with Gasteiger partial charge in [0.25, 0.3) is 0 Å². The molecule has 1 nitrogen and oxygen atoms in total. The predicted octanol–water partition coefficient (Wildman–Crippen LogP) is 5.46. The van der Waals surface area contributed by atoms with Gasteiger partial charge in [0.2, 0.25) is 0 Å². The van der Waals surface area contributed by atoms with Crippen LogP contribution in [0.5, 0.6) is 0 Å². The van der Waals surface area contributed by atoms with Crippen molar-refractivity contribution in [2.75, 3.05) is 0 Å². The number of hydrogen-bond acceptors (Lipinski definition) is 1. The van der Waals surface area contributed by atoms with E-state index in [-0.39, 0.29) is 5.92 Å². The van der Waals surface area contributed by atoms with E-state index in [0.717, 1.165) is 12.8 Å². The first-order valence-corrected chi connectivity index (χ1v) is 8.93. The molecule has 1 saturated carbocycles. The van der Waals surface area contributed by atoms with Crippen molar-refractivity contribution in [3.63, 3.8) is 0 Å². The van der Waals surface area contributed by atoms with Gasteiger partial charge in [0, 0.05) is 12.3 Å². The average molecular weight is 300 g/mol. The van der Waals surface area contributed by atoms with Crippen molar-refractivity contribution in [2.24, 2.45) is 23.2 Å². The van der Waals surface area contributed by atoms with Gasteiger partial charge in [0.05, 0.1) is 0 Å². The summed E-state index contributed by atoms with van der Waals surface area (Å²) >= 11 is 0. The van der Waals surface area contributed by atoms with E-state index in [1.807, 2.05) is 0 Å².